The van der Waals surface area contributed by atoms with Crippen molar-refractivity contribution in [2.45, 2.75) is 64.8 Å². The summed E-state index contributed by atoms with van der Waals surface area (Å²) in [5, 5.41) is 6.12. The molecular formula is C24H30N4O3S. The van der Waals surface area contributed by atoms with Crippen molar-refractivity contribution in [1.29, 1.82) is 0 Å². The Balaban J connectivity index is 1.43. The third kappa shape index (κ3) is 4.16. The molecule has 170 valence electrons. The topological polar surface area (TPSA) is 91.4 Å². The van der Waals surface area contributed by atoms with E-state index in [0.29, 0.717) is 11.6 Å². The summed E-state index contributed by atoms with van der Waals surface area (Å²) in [6.07, 6.45) is 5.62. The van der Waals surface area contributed by atoms with Crippen LogP contribution in [0.25, 0.3) is 11.3 Å². The Morgan fingerprint density at radius 3 is 2.72 bits per heavy atom. The number of rotatable bonds is 6. The van der Waals surface area contributed by atoms with Crippen LogP contribution in [0.15, 0.2) is 24.3 Å². The van der Waals surface area contributed by atoms with Crippen LogP contribution in [0.4, 0.5) is 9.93 Å². The zero-order valence-corrected chi connectivity index (χ0v) is 19.7. The monoisotopic (exact) mass is 454 g/mol. The van der Waals surface area contributed by atoms with Gasteiger partial charge in [0.05, 0.1) is 5.69 Å². The lowest BCUT2D eigenvalue weighted by Gasteiger charge is -2.36. The van der Waals surface area contributed by atoms with Crippen LogP contribution >= 0.6 is 11.3 Å². The second-order valence-corrected chi connectivity index (χ2v) is 10.1. The highest BCUT2D eigenvalue weighted by atomic mass is 32.1. The molecule has 1 aromatic carbocycles. The summed E-state index contributed by atoms with van der Waals surface area (Å²) in [5.74, 6) is -0.644. The maximum Gasteiger partial charge on any atom is 0.325 e. The van der Waals surface area contributed by atoms with Crippen molar-refractivity contribution >= 4 is 34.3 Å². The van der Waals surface area contributed by atoms with Gasteiger partial charge in [0.15, 0.2) is 5.13 Å². The van der Waals surface area contributed by atoms with Crippen molar-refractivity contribution in [3.63, 3.8) is 0 Å². The summed E-state index contributed by atoms with van der Waals surface area (Å²) in [6, 6.07) is 7.83. The van der Waals surface area contributed by atoms with Crippen LogP contribution in [0, 0.1) is 12.8 Å². The zero-order valence-electron chi connectivity index (χ0n) is 18.9. The first-order valence-electron chi connectivity index (χ1n) is 11.3. The van der Waals surface area contributed by atoms with Gasteiger partial charge in [-0.2, -0.15) is 0 Å². The Morgan fingerprint density at radius 2 is 2.03 bits per heavy atom. The van der Waals surface area contributed by atoms with Gasteiger partial charge in [-0.3, -0.25) is 14.5 Å². The molecule has 2 aliphatic rings. The number of hydrogen-bond donors (Lipinski definition) is 2. The normalized spacial score (nSPS) is 23.0. The van der Waals surface area contributed by atoms with Crippen LogP contribution in [0.5, 0.6) is 0 Å². The molecule has 1 aliphatic carbocycles. The molecular weight excluding hydrogens is 424 g/mol. The number of aryl methyl sites for hydroxylation is 2. The Bertz CT molecular complexity index is 1030. The lowest BCUT2D eigenvalue weighted by Crippen LogP contribution is -2.54. The van der Waals surface area contributed by atoms with E-state index in [1.165, 1.54) is 16.9 Å². The molecule has 1 saturated carbocycles. The maximum absolute atomic E-state index is 13.1. The fraction of sp³-hybridized carbons (Fsp3) is 0.500. The highest BCUT2D eigenvalue weighted by molar-refractivity contribution is 7.16. The van der Waals surface area contributed by atoms with E-state index in [0.717, 1.165) is 53.1 Å². The summed E-state index contributed by atoms with van der Waals surface area (Å²) in [6.45, 7) is 5.81. The number of imide groups is 1. The van der Waals surface area contributed by atoms with Crippen molar-refractivity contribution in [2.24, 2.45) is 5.92 Å². The molecule has 2 unspecified atom stereocenters. The maximum atomic E-state index is 13.1. The fourth-order valence-electron chi connectivity index (χ4n) is 4.78. The van der Waals surface area contributed by atoms with E-state index in [4.69, 9.17) is 0 Å². The van der Waals surface area contributed by atoms with E-state index >= 15 is 0 Å². The number of carbonyl (C=O) groups is 3. The molecule has 1 aliphatic heterocycles. The lowest BCUT2D eigenvalue weighted by atomic mass is 9.73. The van der Waals surface area contributed by atoms with E-state index in [2.05, 4.69) is 46.8 Å². The number of carbonyl (C=O) groups excluding carboxylic acids is 3. The fourth-order valence-corrected chi connectivity index (χ4v) is 5.63. The number of nitrogens with zero attached hydrogens (tertiary/aromatic N) is 2. The van der Waals surface area contributed by atoms with Crippen molar-refractivity contribution in [3.05, 3.63) is 34.7 Å². The summed E-state index contributed by atoms with van der Waals surface area (Å²) in [4.78, 5) is 44.9. The molecule has 2 fully saturated rings. The van der Waals surface area contributed by atoms with Gasteiger partial charge >= 0.3 is 6.03 Å². The minimum atomic E-state index is -0.857. The van der Waals surface area contributed by atoms with Gasteiger partial charge in [-0.05, 0) is 37.7 Å². The lowest BCUT2D eigenvalue weighted by molar-refractivity contribution is -0.136. The molecule has 4 amide bonds. The van der Waals surface area contributed by atoms with E-state index in [9.17, 15) is 14.4 Å². The molecule has 1 aromatic heterocycles. The van der Waals surface area contributed by atoms with Crippen molar-refractivity contribution in [2.75, 3.05) is 11.9 Å². The minimum Gasteiger partial charge on any atom is -0.323 e. The third-order valence-electron chi connectivity index (χ3n) is 6.61. The summed E-state index contributed by atoms with van der Waals surface area (Å²) in [7, 11) is 0. The predicted octanol–water partition coefficient (Wildman–Crippen LogP) is 4.51. The number of benzene rings is 1. The van der Waals surface area contributed by atoms with Gasteiger partial charge < -0.3 is 10.6 Å². The summed E-state index contributed by atoms with van der Waals surface area (Å²) in [5.41, 5.74) is 2.26. The first-order valence-corrected chi connectivity index (χ1v) is 12.2. The number of nitrogens with one attached hydrogen (secondary N) is 2. The van der Waals surface area contributed by atoms with Crippen LogP contribution in [0.3, 0.4) is 0 Å². The van der Waals surface area contributed by atoms with Gasteiger partial charge in [0.2, 0.25) is 5.91 Å². The number of amides is 4. The van der Waals surface area contributed by atoms with Crippen molar-refractivity contribution < 1.29 is 14.4 Å². The van der Waals surface area contributed by atoms with E-state index in [1.807, 2.05) is 13.8 Å². The zero-order chi connectivity index (χ0) is 22.9. The van der Waals surface area contributed by atoms with Gasteiger partial charge in [0.1, 0.15) is 12.1 Å². The van der Waals surface area contributed by atoms with Crippen molar-refractivity contribution in [3.8, 4) is 11.3 Å². The van der Waals surface area contributed by atoms with E-state index < -0.39 is 17.5 Å². The first-order chi connectivity index (χ1) is 15.3. The standard InChI is InChI=1S/C24H30N4O3S/c1-4-7-17-9-11-18(12-10-17)20-16(3)32-22(26-20)25-19(29)14-28-21(30)24(27-23(28)31)13-6-5-8-15(24)2/h9-12,15H,4-8,13-14H2,1-3H3,(H,27,31)(H,25,26,29). The van der Waals surface area contributed by atoms with Gasteiger partial charge in [-0.15, -0.1) is 11.3 Å². The van der Waals surface area contributed by atoms with Crippen molar-refractivity contribution in [1.82, 2.24) is 15.2 Å². The van der Waals surface area contributed by atoms with Crippen LogP contribution in [0.2, 0.25) is 0 Å². The SMILES string of the molecule is CCCc1ccc(-c2nc(NC(=O)CN3C(=O)NC4(CCCCC4C)C3=O)sc2C)cc1. The number of urea groups is 1. The molecule has 2 N–H and O–H groups in total. The van der Waals surface area contributed by atoms with Gasteiger partial charge in [0, 0.05) is 10.4 Å². The Morgan fingerprint density at radius 1 is 1.28 bits per heavy atom. The van der Waals surface area contributed by atoms with Gasteiger partial charge in [0.25, 0.3) is 5.91 Å². The smallest absolute Gasteiger partial charge is 0.323 e. The minimum absolute atomic E-state index is 0.0636. The number of thiazole rings is 1. The molecule has 0 bridgehead atoms. The average molecular weight is 455 g/mol. The number of aromatic nitrogens is 1. The molecule has 0 radical (unpaired) electrons. The van der Waals surface area contributed by atoms with E-state index in [1.54, 1.807) is 0 Å². The average Bonchev–Trinajstić information content (AvgIpc) is 3.23. The second kappa shape index (κ2) is 9.02. The molecule has 4 rings (SSSR count). The largest absolute Gasteiger partial charge is 0.325 e. The van der Waals surface area contributed by atoms with Gasteiger partial charge in [-0.1, -0.05) is 57.4 Å². The number of hydrogen-bond acceptors (Lipinski definition) is 5. The molecule has 2 atom stereocenters. The Labute approximate surface area is 192 Å². The molecule has 1 saturated heterocycles. The Hall–Kier alpha value is -2.74. The van der Waals surface area contributed by atoms with Crippen LogP contribution in [-0.2, 0) is 16.0 Å². The molecule has 1 spiro atoms. The second-order valence-electron chi connectivity index (χ2n) is 8.86. The van der Waals surface area contributed by atoms with Gasteiger partial charge in [-0.25, -0.2) is 9.78 Å². The van der Waals surface area contributed by atoms with E-state index in [-0.39, 0.29) is 18.4 Å². The summed E-state index contributed by atoms with van der Waals surface area (Å²) < 4.78 is 0. The molecule has 32 heavy (non-hydrogen) atoms. The third-order valence-corrected chi connectivity index (χ3v) is 7.50. The van der Waals surface area contributed by atoms with Crippen LogP contribution < -0.4 is 10.6 Å². The summed E-state index contributed by atoms with van der Waals surface area (Å²) >= 11 is 1.39. The van der Waals surface area contributed by atoms with Crippen LogP contribution in [-0.4, -0.2) is 39.8 Å². The molecule has 7 nitrogen and oxygen atoms in total. The van der Waals surface area contributed by atoms with Crippen LogP contribution in [0.1, 0.15) is 56.4 Å². The highest BCUT2D eigenvalue weighted by Gasteiger charge is 2.55. The molecule has 2 heterocycles. The first kappa shape index (κ1) is 22.5. The molecule has 2 aromatic rings. The Kier molecular flexibility index (Phi) is 6.33. The quantitative estimate of drug-likeness (QED) is 0.628. The number of anilines is 1. The molecule has 8 heteroatoms. The highest BCUT2D eigenvalue weighted by Crippen LogP contribution is 2.38. The predicted molar refractivity (Wildman–Crippen MR) is 126 cm³/mol.